The quantitative estimate of drug-likeness (QED) is 0.641. The number of alkyl halides is 1. The minimum Gasteiger partial charge on any atom is -0.229 e. The first-order valence-electron chi connectivity index (χ1n) is 5.18. The molecule has 2 unspecified atom stereocenters. The second kappa shape index (κ2) is 5.31. The van der Waals surface area contributed by atoms with Crippen molar-refractivity contribution >= 4 is 57.6 Å². The zero-order chi connectivity index (χ0) is 12.6. The molecule has 6 heteroatoms. The lowest BCUT2D eigenvalue weighted by molar-refractivity contribution is 0.579. The molecule has 0 saturated carbocycles. The number of hydrogen-bond donors (Lipinski definition) is 0. The van der Waals surface area contributed by atoms with Crippen LogP contribution < -0.4 is 0 Å². The van der Waals surface area contributed by atoms with Gasteiger partial charge in [0, 0.05) is 13.8 Å². The molecule has 0 bridgehead atoms. The summed E-state index contributed by atoms with van der Waals surface area (Å²) in [5, 5.41) is 0. The van der Waals surface area contributed by atoms with Gasteiger partial charge in [-0.2, -0.15) is 0 Å². The van der Waals surface area contributed by atoms with Gasteiger partial charge in [0.1, 0.15) is 0 Å². The van der Waals surface area contributed by atoms with Crippen molar-refractivity contribution in [1.82, 2.24) is 0 Å². The maximum atomic E-state index is 11.5. The van der Waals surface area contributed by atoms with Gasteiger partial charge in [-0.25, -0.2) is 8.42 Å². The van der Waals surface area contributed by atoms with Gasteiger partial charge in [-0.3, -0.25) is 0 Å². The number of sulfone groups is 1. The van der Waals surface area contributed by atoms with Gasteiger partial charge in [-0.1, -0.05) is 47.8 Å². The van der Waals surface area contributed by atoms with E-state index in [1.165, 1.54) is 0 Å². The van der Waals surface area contributed by atoms with Gasteiger partial charge >= 0.3 is 0 Å². The van der Waals surface area contributed by atoms with E-state index in [-0.39, 0.29) is 16.5 Å². The SMILES string of the molecule is O=S1(=O)CCC(C(Br)c2cc(Br)ccc2Br)C1. The van der Waals surface area contributed by atoms with E-state index in [2.05, 4.69) is 47.8 Å². The molecule has 1 aromatic carbocycles. The lowest BCUT2D eigenvalue weighted by Gasteiger charge is -2.18. The molecule has 2 nitrogen and oxygen atoms in total. The molecule has 0 amide bonds. The summed E-state index contributed by atoms with van der Waals surface area (Å²) in [6.45, 7) is 0. The van der Waals surface area contributed by atoms with E-state index in [4.69, 9.17) is 0 Å². The third-order valence-corrected chi connectivity index (χ3v) is 7.19. The Morgan fingerprint density at radius 1 is 1.29 bits per heavy atom. The van der Waals surface area contributed by atoms with Crippen molar-refractivity contribution in [2.75, 3.05) is 11.5 Å². The van der Waals surface area contributed by atoms with E-state index in [1.54, 1.807) is 0 Å². The van der Waals surface area contributed by atoms with E-state index >= 15 is 0 Å². The zero-order valence-electron chi connectivity index (χ0n) is 8.87. The van der Waals surface area contributed by atoms with Crippen molar-refractivity contribution in [3.63, 3.8) is 0 Å². The fourth-order valence-electron chi connectivity index (χ4n) is 2.03. The average Bonchev–Trinajstić information content (AvgIpc) is 2.61. The minimum absolute atomic E-state index is 0.0756. The summed E-state index contributed by atoms with van der Waals surface area (Å²) in [4.78, 5) is 0.0756. The molecule has 1 heterocycles. The van der Waals surface area contributed by atoms with Crippen molar-refractivity contribution in [3.8, 4) is 0 Å². The highest BCUT2D eigenvalue weighted by atomic mass is 79.9. The predicted octanol–water partition coefficient (Wildman–Crippen LogP) is 4.08. The first-order chi connectivity index (χ1) is 7.89. The summed E-state index contributed by atoms with van der Waals surface area (Å²) in [6.07, 6.45) is 0.733. The van der Waals surface area contributed by atoms with Crippen LogP contribution in [0.25, 0.3) is 0 Å². The largest absolute Gasteiger partial charge is 0.229 e. The molecule has 2 rings (SSSR count). The molecule has 0 aliphatic carbocycles. The van der Waals surface area contributed by atoms with E-state index in [1.807, 2.05) is 18.2 Å². The van der Waals surface area contributed by atoms with Crippen molar-refractivity contribution in [3.05, 3.63) is 32.7 Å². The van der Waals surface area contributed by atoms with Crippen molar-refractivity contribution in [1.29, 1.82) is 0 Å². The molecule has 17 heavy (non-hydrogen) atoms. The topological polar surface area (TPSA) is 34.1 Å². The molecular formula is C11H11Br3O2S. The van der Waals surface area contributed by atoms with Crippen LogP contribution >= 0.6 is 47.8 Å². The van der Waals surface area contributed by atoms with Crippen LogP contribution in [0.15, 0.2) is 27.1 Å². The Morgan fingerprint density at radius 2 is 2.00 bits per heavy atom. The van der Waals surface area contributed by atoms with E-state index in [0.717, 1.165) is 20.9 Å². The molecule has 94 valence electrons. The Kier molecular flexibility index (Phi) is 4.38. The maximum absolute atomic E-state index is 11.5. The van der Waals surface area contributed by atoms with Crippen molar-refractivity contribution in [2.24, 2.45) is 5.92 Å². The standard InChI is InChI=1S/C11H11Br3O2S/c12-8-1-2-10(13)9(5-8)11(14)7-3-4-17(15,16)6-7/h1-2,5,7,11H,3-4,6H2. The first kappa shape index (κ1) is 14.0. The van der Waals surface area contributed by atoms with Crippen LogP contribution in [-0.2, 0) is 9.84 Å². The van der Waals surface area contributed by atoms with Gasteiger partial charge in [0.05, 0.1) is 11.5 Å². The third kappa shape index (κ3) is 3.33. The van der Waals surface area contributed by atoms with Crippen LogP contribution in [0.5, 0.6) is 0 Å². The normalized spacial score (nSPS) is 24.8. The highest BCUT2D eigenvalue weighted by Gasteiger charge is 2.33. The van der Waals surface area contributed by atoms with Crippen LogP contribution in [0.3, 0.4) is 0 Å². The van der Waals surface area contributed by atoms with Gasteiger partial charge in [0.15, 0.2) is 9.84 Å². The molecule has 2 atom stereocenters. The highest BCUT2D eigenvalue weighted by molar-refractivity contribution is 9.11. The van der Waals surface area contributed by atoms with Crippen LogP contribution in [-0.4, -0.2) is 19.9 Å². The van der Waals surface area contributed by atoms with Crippen LogP contribution in [0.2, 0.25) is 0 Å². The van der Waals surface area contributed by atoms with Gasteiger partial charge in [-0.05, 0) is 36.1 Å². The average molecular weight is 447 g/mol. The summed E-state index contributed by atoms with van der Waals surface area (Å²) >= 11 is 10.6. The molecule has 0 N–H and O–H groups in total. The zero-order valence-corrected chi connectivity index (χ0v) is 14.4. The van der Waals surface area contributed by atoms with Crippen LogP contribution in [0.4, 0.5) is 0 Å². The number of hydrogen-bond acceptors (Lipinski definition) is 2. The van der Waals surface area contributed by atoms with Gasteiger partial charge in [0.25, 0.3) is 0 Å². The molecule has 1 aliphatic rings. The molecule has 1 aromatic rings. The molecule has 1 fully saturated rings. The lowest BCUT2D eigenvalue weighted by atomic mass is 9.99. The minimum atomic E-state index is -2.83. The summed E-state index contributed by atoms with van der Waals surface area (Å²) < 4.78 is 25.0. The molecule has 1 saturated heterocycles. The summed E-state index contributed by atoms with van der Waals surface area (Å²) in [6, 6.07) is 5.95. The maximum Gasteiger partial charge on any atom is 0.150 e. The molecule has 0 spiro atoms. The second-order valence-electron chi connectivity index (χ2n) is 4.23. The smallest absolute Gasteiger partial charge is 0.150 e. The monoisotopic (exact) mass is 444 g/mol. The Morgan fingerprint density at radius 3 is 2.59 bits per heavy atom. The van der Waals surface area contributed by atoms with Gasteiger partial charge in [0.2, 0.25) is 0 Å². The van der Waals surface area contributed by atoms with Crippen LogP contribution in [0.1, 0.15) is 16.8 Å². The fourth-order valence-corrected chi connectivity index (χ4v) is 6.13. The summed E-state index contributed by atoms with van der Waals surface area (Å²) in [5.74, 6) is 0.748. The lowest BCUT2D eigenvalue weighted by Crippen LogP contribution is -2.10. The van der Waals surface area contributed by atoms with Crippen molar-refractivity contribution < 1.29 is 8.42 Å². The summed E-state index contributed by atoms with van der Waals surface area (Å²) in [5.41, 5.74) is 1.10. The van der Waals surface area contributed by atoms with Crippen molar-refractivity contribution in [2.45, 2.75) is 11.2 Å². The Bertz CT molecular complexity index is 528. The molecule has 1 aliphatic heterocycles. The first-order valence-corrected chi connectivity index (χ1v) is 9.51. The third-order valence-electron chi connectivity index (χ3n) is 2.94. The number of halogens is 3. The summed E-state index contributed by atoms with van der Waals surface area (Å²) in [7, 11) is -2.83. The molecule has 0 radical (unpaired) electrons. The van der Waals surface area contributed by atoms with Gasteiger partial charge in [-0.15, -0.1) is 0 Å². The van der Waals surface area contributed by atoms with Crippen LogP contribution in [0, 0.1) is 5.92 Å². The Hall–Kier alpha value is 0.610. The van der Waals surface area contributed by atoms with E-state index in [9.17, 15) is 8.42 Å². The predicted molar refractivity (Wildman–Crippen MR) is 80.3 cm³/mol. The van der Waals surface area contributed by atoms with E-state index < -0.39 is 9.84 Å². The Labute approximate surface area is 126 Å². The second-order valence-corrected chi connectivity index (χ2v) is 9.22. The highest BCUT2D eigenvalue weighted by Crippen LogP contribution is 2.41. The molecular weight excluding hydrogens is 436 g/mol. The molecule has 0 aromatic heterocycles. The number of benzene rings is 1. The number of rotatable bonds is 2. The van der Waals surface area contributed by atoms with E-state index in [0.29, 0.717) is 5.75 Å². The van der Waals surface area contributed by atoms with Gasteiger partial charge < -0.3 is 0 Å². The fraction of sp³-hybridized carbons (Fsp3) is 0.455. The Balaban J connectivity index is 2.26.